The van der Waals surface area contributed by atoms with Gasteiger partial charge in [-0.05, 0) is 31.8 Å². The lowest BCUT2D eigenvalue weighted by molar-refractivity contribution is -0.137. The monoisotopic (exact) mass is 272 g/mol. The van der Waals surface area contributed by atoms with E-state index >= 15 is 0 Å². The molecule has 3 rings (SSSR count). The van der Waals surface area contributed by atoms with Gasteiger partial charge in [0.05, 0.1) is 12.8 Å². The van der Waals surface area contributed by atoms with E-state index in [1.165, 1.54) is 19.1 Å². The van der Waals surface area contributed by atoms with Gasteiger partial charge in [0, 0.05) is 25.0 Å². The highest BCUT2D eigenvalue weighted by Crippen LogP contribution is 2.40. The van der Waals surface area contributed by atoms with Crippen molar-refractivity contribution in [3.8, 4) is 0 Å². The molecule has 0 atom stereocenters. The first-order chi connectivity index (χ1) is 8.54. The van der Waals surface area contributed by atoms with Crippen LogP contribution in [-0.2, 0) is 14.9 Å². The molecule has 2 aliphatic heterocycles. The lowest BCUT2D eigenvalue weighted by Crippen LogP contribution is -2.45. The highest BCUT2D eigenvalue weighted by Gasteiger charge is 2.36. The molecule has 0 N–H and O–H groups in total. The fourth-order valence-corrected chi connectivity index (χ4v) is 3.56. The first-order valence-electron chi connectivity index (χ1n) is 6.64. The van der Waals surface area contributed by atoms with Gasteiger partial charge in [0.15, 0.2) is 0 Å². The average molecular weight is 272 g/mol. The van der Waals surface area contributed by atoms with E-state index in [-0.39, 0.29) is 0 Å². The van der Waals surface area contributed by atoms with Gasteiger partial charge in [0.2, 0.25) is 10.0 Å². The Kier molecular flexibility index (Phi) is 3.11. The number of hydroxylamine groups is 2. The van der Waals surface area contributed by atoms with Gasteiger partial charge in [0.1, 0.15) is 5.76 Å². The van der Waals surface area contributed by atoms with E-state index in [1.807, 2.05) is 5.06 Å². The van der Waals surface area contributed by atoms with Crippen LogP contribution in [0, 0.1) is 5.92 Å². The molecule has 3 aliphatic rings. The number of hydrogen-bond acceptors (Lipinski definition) is 4. The van der Waals surface area contributed by atoms with E-state index in [9.17, 15) is 8.42 Å². The van der Waals surface area contributed by atoms with Crippen molar-refractivity contribution in [2.75, 3.05) is 25.9 Å². The Morgan fingerprint density at radius 3 is 2.44 bits per heavy atom. The van der Waals surface area contributed by atoms with Gasteiger partial charge >= 0.3 is 0 Å². The van der Waals surface area contributed by atoms with Gasteiger partial charge in [-0.2, -0.15) is 0 Å². The van der Waals surface area contributed by atoms with Crippen molar-refractivity contribution in [3.63, 3.8) is 0 Å². The highest BCUT2D eigenvalue weighted by atomic mass is 32.2. The lowest BCUT2D eigenvalue weighted by atomic mass is 10.1. The number of allylic oxidation sites excluding steroid dienone is 1. The number of nitrogens with zero attached hydrogens (tertiary/aromatic N) is 2. The molecule has 0 radical (unpaired) electrons. The van der Waals surface area contributed by atoms with E-state index in [4.69, 9.17) is 4.84 Å². The fraction of sp³-hybridized carbons (Fsp3) is 0.833. The molecule has 0 aromatic heterocycles. The maximum Gasteiger partial charge on any atom is 0.211 e. The molecule has 0 amide bonds. The van der Waals surface area contributed by atoms with E-state index in [2.05, 4.69) is 6.08 Å². The molecular weight excluding hydrogens is 252 g/mol. The minimum Gasteiger partial charge on any atom is -0.410 e. The molecule has 0 bridgehead atoms. The van der Waals surface area contributed by atoms with Gasteiger partial charge in [0.25, 0.3) is 0 Å². The topological polar surface area (TPSA) is 49.9 Å². The van der Waals surface area contributed by atoms with Gasteiger partial charge in [-0.25, -0.2) is 12.7 Å². The van der Waals surface area contributed by atoms with Crippen LogP contribution in [0.2, 0.25) is 0 Å². The molecule has 0 aromatic carbocycles. The van der Waals surface area contributed by atoms with Crippen LogP contribution in [0.1, 0.15) is 25.7 Å². The Bertz CT molecular complexity index is 448. The van der Waals surface area contributed by atoms with E-state index in [0.717, 1.165) is 25.1 Å². The SMILES string of the molecule is CS(=O)(=O)N1CCC(N2CC=C(C3CC3)O2)CC1. The van der Waals surface area contributed by atoms with E-state index < -0.39 is 10.0 Å². The summed E-state index contributed by atoms with van der Waals surface area (Å²) in [4.78, 5) is 5.87. The third-order valence-electron chi connectivity index (χ3n) is 3.97. The summed E-state index contributed by atoms with van der Waals surface area (Å²) in [5.74, 6) is 1.80. The molecule has 0 aromatic rings. The summed E-state index contributed by atoms with van der Waals surface area (Å²) >= 11 is 0. The number of piperidine rings is 1. The summed E-state index contributed by atoms with van der Waals surface area (Å²) in [6, 6.07) is 0.357. The van der Waals surface area contributed by atoms with Crippen molar-refractivity contribution in [3.05, 3.63) is 11.8 Å². The third kappa shape index (κ3) is 2.55. The zero-order valence-corrected chi connectivity index (χ0v) is 11.5. The van der Waals surface area contributed by atoms with Crippen molar-refractivity contribution in [1.82, 2.24) is 9.37 Å². The van der Waals surface area contributed by atoms with Crippen molar-refractivity contribution >= 4 is 10.0 Å². The third-order valence-corrected chi connectivity index (χ3v) is 5.28. The molecule has 5 nitrogen and oxygen atoms in total. The summed E-state index contributed by atoms with van der Waals surface area (Å²) in [6.45, 7) is 2.08. The second-order valence-electron chi connectivity index (χ2n) is 5.46. The molecule has 1 saturated heterocycles. The minimum atomic E-state index is -3.03. The molecule has 1 saturated carbocycles. The smallest absolute Gasteiger partial charge is 0.211 e. The van der Waals surface area contributed by atoms with Crippen molar-refractivity contribution in [1.29, 1.82) is 0 Å². The Morgan fingerprint density at radius 1 is 1.22 bits per heavy atom. The molecule has 1 aliphatic carbocycles. The lowest BCUT2D eigenvalue weighted by Gasteiger charge is -2.34. The van der Waals surface area contributed by atoms with Crippen LogP contribution >= 0.6 is 0 Å². The number of rotatable bonds is 3. The second kappa shape index (κ2) is 4.51. The summed E-state index contributed by atoms with van der Waals surface area (Å²) in [5, 5.41) is 2.03. The molecule has 18 heavy (non-hydrogen) atoms. The highest BCUT2D eigenvalue weighted by molar-refractivity contribution is 7.88. The van der Waals surface area contributed by atoms with E-state index in [0.29, 0.717) is 25.0 Å². The first-order valence-corrected chi connectivity index (χ1v) is 8.48. The largest absolute Gasteiger partial charge is 0.410 e. The Balaban J connectivity index is 1.52. The van der Waals surface area contributed by atoms with Crippen LogP contribution in [0.3, 0.4) is 0 Å². The summed E-state index contributed by atoms with van der Waals surface area (Å²) < 4.78 is 24.4. The minimum absolute atomic E-state index is 0.357. The van der Waals surface area contributed by atoms with E-state index in [1.54, 1.807) is 4.31 Å². The average Bonchev–Trinajstić information content (AvgIpc) is 3.06. The summed E-state index contributed by atoms with van der Waals surface area (Å²) in [7, 11) is -3.03. The Labute approximate surface area is 108 Å². The van der Waals surface area contributed by atoms with Crippen LogP contribution in [0.25, 0.3) is 0 Å². The fourth-order valence-electron chi connectivity index (χ4n) is 2.68. The van der Waals surface area contributed by atoms with Gasteiger partial charge in [-0.15, -0.1) is 5.06 Å². The quantitative estimate of drug-likeness (QED) is 0.767. The second-order valence-corrected chi connectivity index (χ2v) is 7.45. The molecule has 0 unspecified atom stereocenters. The van der Waals surface area contributed by atoms with Crippen LogP contribution < -0.4 is 0 Å². The zero-order valence-electron chi connectivity index (χ0n) is 10.7. The molecule has 2 heterocycles. The van der Waals surface area contributed by atoms with Gasteiger partial charge in [-0.3, -0.25) is 0 Å². The molecule has 6 heteroatoms. The number of hydrogen-bond donors (Lipinski definition) is 0. The van der Waals surface area contributed by atoms with Crippen LogP contribution in [0.4, 0.5) is 0 Å². The Morgan fingerprint density at radius 2 is 1.89 bits per heavy atom. The van der Waals surface area contributed by atoms with Crippen molar-refractivity contribution in [2.24, 2.45) is 5.92 Å². The van der Waals surface area contributed by atoms with Gasteiger partial charge < -0.3 is 4.84 Å². The summed E-state index contributed by atoms with van der Waals surface area (Å²) in [6.07, 6.45) is 7.70. The van der Waals surface area contributed by atoms with Crippen LogP contribution in [0.15, 0.2) is 11.8 Å². The van der Waals surface area contributed by atoms with Crippen molar-refractivity contribution in [2.45, 2.75) is 31.7 Å². The maximum atomic E-state index is 11.4. The first kappa shape index (κ1) is 12.4. The zero-order chi connectivity index (χ0) is 12.8. The number of sulfonamides is 1. The molecule has 0 spiro atoms. The standard InChI is InChI=1S/C12H20N2O3S/c1-18(15,16)13-7-4-11(5-8-13)14-9-6-12(17-14)10-2-3-10/h6,10-11H,2-5,7-9H2,1H3. The summed E-state index contributed by atoms with van der Waals surface area (Å²) in [5.41, 5.74) is 0. The van der Waals surface area contributed by atoms with Crippen molar-refractivity contribution < 1.29 is 13.3 Å². The predicted molar refractivity (Wildman–Crippen MR) is 68.0 cm³/mol. The molecule has 102 valence electrons. The van der Waals surface area contributed by atoms with Crippen LogP contribution in [-0.4, -0.2) is 49.7 Å². The maximum absolute atomic E-state index is 11.4. The molecular formula is C12H20N2O3S. The predicted octanol–water partition coefficient (Wildman–Crippen LogP) is 0.951. The molecule has 2 fully saturated rings. The Hall–Kier alpha value is -0.590. The normalized spacial score (nSPS) is 28.2. The van der Waals surface area contributed by atoms with Gasteiger partial charge in [-0.1, -0.05) is 0 Å². The van der Waals surface area contributed by atoms with Crippen LogP contribution in [0.5, 0.6) is 0 Å².